The van der Waals surface area contributed by atoms with E-state index in [0.717, 1.165) is 16.7 Å². The maximum absolute atomic E-state index is 14.3. The molecule has 0 fully saturated rings. The Hall–Kier alpha value is -2.28. The molecule has 1 aromatic carbocycles. The third kappa shape index (κ3) is 2.16. The number of carboxylic acid groups (broad SMARTS) is 1. The zero-order chi connectivity index (χ0) is 14.3. The van der Waals surface area contributed by atoms with Crippen molar-refractivity contribution in [2.24, 2.45) is 0 Å². The maximum Gasteiger partial charge on any atom is 0.345 e. The fourth-order valence-corrected chi connectivity index (χ4v) is 2.82. The SMILES string of the molecule is Cc1nnc(C(F)c2ccc3cc(C(=O)O)sc3c2)o1. The Bertz CT molecular complexity index is 796. The first-order chi connectivity index (χ1) is 9.54. The van der Waals surface area contributed by atoms with E-state index >= 15 is 0 Å². The number of rotatable bonds is 3. The summed E-state index contributed by atoms with van der Waals surface area (Å²) >= 11 is 1.10. The molecular formula is C13H9FN2O3S. The van der Waals surface area contributed by atoms with Gasteiger partial charge in [-0.25, -0.2) is 9.18 Å². The van der Waals surface area contributed by atoms with Crippen molar-refractivity contribution in [1.29, 1.82) is 0 Å². The molecule has 20 heavy (non-hydrogen) atoms. The Kier molecular flexibility index (Phi) is 2.98. The third-order valence-electron chi connectivity index (χ3n) is 2.81. The molecule has 2 heterocycles. The summed E-state index contributed by atoms with van der Waals surface area (Å²) in [5.41, 5.74) is 0.361. The van der Waals surface area contributed by atoms with Crippen molar-refractivity contribution in [2.45, 2.75) is 13.1 Å². The van der Waals surface area contributed by atoms with E-state index in [1.54, 1.807) is 31.2 Å². The van der Waals surface area contributed by atoms with Crippen LogP contribution in [-0.2, 0) is 0 Å². The lowest BCUT2D eigenvalue weighted by molar-refractivity contribution is 0.0702. The Morgan fingerprint density at radius 3 is 2.85 bits per heavy atom. The molecule has 102 valence electrons. The molecule has 0 aliphatic heterocycles. The summed E-state index contributed by atoms with van der Waals surface area (Å²) in [6, 6.07) is 6.45. The lowest BCUT2D eigenvalue weighted by Gasteiger charge is -2.03. The number of carbonyl (C=O) groups is 1. The molecule has 1 N–H and O–H groups in total. The van der Waals surface area contributed by atoms with E-state index in [-0.39, 0.29) is 10.8 Å². The Labute approximate surface area is 116 Å². The number of aromatic nitrogens is 2. The van der Waals surface area contributed by atoms with Crippen molar-refractivity contribution < 1.29 is 18.7 Å². The Morgan fingerprint density at radius 2 is 2.20 bits per heavy atom. The normalized spacial score (nSPS) is 12.7. The smallest absolute Gasteiger partial charge is 0.345 e. The van der Waals surface area contributed by atoms with Gasteiger partial charge in [0.15, 0.2) is 0 Å². The van der Waals surface area contributed by atoms with E-state index in [2.05, 4.69) is 10.2 Å². The summed E-state index contributed by atoms with van der Waals surface area (Å²) in [4.78, 5) is 11.1. The van der Waals surface area contributed by atoms with Gasteiger partial charge in [-0.15, -0.1) is 21.5 Å². The predicted octanol–water partition coefficient (Wildman–Crippen LogP) is 3.35. The largest absolute Gasteiger partial charge is 0.477 e. The van der Waals surface area contributed by atoms with Gasteiger partial charge in [0.25, 0.3) is 5.89 Å². The number of carboxylic acids is 1. The summed E-state index contributed by atoms with van der Waals surface area (Å²) in [5.74, 6) is -0.790. The molecule has 0 amide bonds. The number of benzene rings is 1. The number of thiophene rings is 1. The van der Waals surface area contributed by atoms with Crippen molar-refractivity contribution >= 4 is 27.4 Å². The van der Waals surface area contributed by atoms with Crippen molar-refractivity contribution in [3.63, 3.8) is 0 Å². The number of aromatic carboxylic acids is 1. The fourth-order valence-electron chi connectivity index (χ4n) is 1.87. The molecule has 3 aromatic rings. The molecule has 0 saturated carbocycles. The van der Waals surface area contributed by atoms with E-state index in [4.69, 9.17) is 9.52 Å². The van der Waals surface area contributed by atoms with Crippen LogP contribution in [0.25, 0.3) is 10.1 Å². The fraction of sp³-hybridized carbons (Fsp3) is 0.154. The predicted molar refractivity (Wildman–Crippen MR) is 70.8 cm³/mol. The molecule has 7 heteroatoms. The number of halogens is 1. The zero-order valence-electron chi connectivity index (χ0n) is 10.3. The quantitative estimate of drug-likeness (QED) is 0.801. The minimum Gasteiger partial charge on any atom is -0.477 e. The van der Waals surface area contributed by atoms with Crippen LogP contribution in [-0.4, -0.2) is 21.3 Å². The van der Waals surface area contributed by atoms with Gasteiger partial charge in [-0.3, -0.25) is 0 Å². The van der Waals surface area contributed by atoms with Gasteiger partial charge < -0.3 is 9.52 Å². The van der Waals surface area contributed by atoms with Gasteiger partial charge in [-0.1, -0.05) is 12.1 Å². The minimum absolute atomic E-state index is 0.100. The van der Waals surface area contributed by atoms with Gasteiger partial charge in [-0.05, 0) is 23.1 Å². The zero-order valence-corrected chi connectivity index (χ0v) is 11.1. The van der Waals surface area contributed by atoms with Crippen LogP contribution in [0.5, 0.6) is 0 Å². The second-order valence-corrected chi connectivity index (χ2v) is 5.32. The van der Waals surface area contributed by atoms with Crippen LogP contribution < -0.4 is 0 Å². The molecule has 0 saturated heterocycles. The molecule has 3 rings (SSSR count). The van der Waals surface area contributed by atoms with Crippen LogP contribution in [0, 0.1) is 6.92 Å². The van der Waals surface area contributed by atoms with E-state index < -0.39 is 12.1 Å². The average Bonchev–Trinajstić information content (AvgIpc) is 3.02. The summed E-state index contributed by atoms with van der Waals surface area (Å²) < 4.78 is 20.0. The molecule has 0 radical (unpaired) electrons. The van der Waals surface area contributed by atoms with Crippen molar-refractivity contribution in [2.75, 3.05) is 0 Å². The Balaban J connectivity index is 2.01. The average molecular weight is 292 g/mol. The first-order valence-corrected chi connectivity index (χ1v) is 6.57. The highest BCUT2D eigenvalue weighted by Gasteiger charge is 2.20. The third-order valence-corrected chi connectivity index (χ3v) is 3.89. The molecule has 0 aliphatic carbocycles. The van der Waals surface area contributed by atoms with Gasteiger partial charge in [-0.2, -0.15) is 0 Å². The molecule has 0 aliphatic rings. The molecule has 0 bridgehead atoms. The monoisotopic (exact) mass is 292 g/mol. The summed E-state index contributed by atoms with van der Waals surface area (Å²) in [7, 11) is 0. The summed E-state index contributed by atoms with van der Waals surface area (Å²) in [6.07, 6.45) is -1.52. The number of alkyl halides is 1. The first-order valence-electron chi connectivity index (χ1n) is 5.75. The van der Waals surface area contributed by atoms with Gasteiger partial charge >= 0.3 is 5.97 Å². The second-order valence-electron chi connectivity index (χ2n) is 4.23. The van der Waals surface area contributed by atoms with Crippen LogP contribution in [0.3, 0.4) is 0 Å². The summed E-state index contributed by atoms with van der Waals surface area (Å²) in [6.45, 7) is 1.59. The van der Waals surface area contributed by atoms with Gasteiger partial charge in [0.1, 0.15) is 4.88 Å². The molecule has 1 unspecified atom stereocenters. The number of aryl methyl sites for hydroxylation is 1. The molecule has 1 atom stereocenters. The molecule has 5 nitrogen and oxygen atoms in total. The van der Waals surface area contributed by atoms with Crippen LogP contribution in [0.2, 0.25) is 0 Å². The van der Waals surface area contributed by atoms with Crippen molar-refractivity contribution in [3.8, 4) is 0 Å². The molecular weight excluding hydrogens is 283 g/mol. The topological polar surface area (TPSA) is 76.2 Å². The van der Waals surface area contributed by atoms with Gasteiger partial charge in [0.05, 0.1) is 0 Å². The minimum atomic E-state index is -1.52. The van der Waals surface area contributed by atoms with Crippen LogP contribution in [0.1, 0.15) is 33.2 Å². The van der Waals surface area contributed by atoms with Gasteiger partial charge in [0, 0.05) is 11.6 Å². The second kappa shape index (κ2) is 4.68. The van der Waals surface area contributed by atoms with E-state index in [0.29, 0.717) is 16.2 Å². The number of fused-ring (bicyclic) bond motifs is 1. The lowest BCUT2D eigenvalue weighted by Crippen LogP contribution is -1.94. The molecule has 2 aromatic heterocycles. The van der Waals surface area contributed by atoms with Crippen LogP contribution >= 0.6 is 11.3 Å². The summed E-state index contributed by atoms with van der Waals surface area (Å²) in [5, 5.41) is 17.0. The number of hydrogen-bond donors (Lipinski definition) is 1. The molecule has 0 spiro atoms. The van der Waals surface area contributed by atoms with E-state index in [1.165, 1.54) is 0 Å². The van der Waals surface area contributed by atoms with E-state index in [9.17, 15) is 9.18 Å². The first kappa shape index (κ1) is 12.7. The highest BCUT2D eigenvalue weighted by molar-refractivity contribution is 7.20. The van der Waals surface area contributed by atoms with Crippen molar-refractivity contribution in [1.82, 2.24) is 10.2 Å². The van der Waals surface area contributed by atoms with Crippen molar-refractivity contribution in [3.05, 3.63) is 46.5 Å². The van der Waals surface area contributed by atoms with Gasteiger partial charge in [0.2, 0.25) is 12.1 Å². The van der Waals surface area contributed by atoms with E-state index in [1.807, 2.05) is 0 Å². The standard InChI is InChI=1S/C13H9FN2O3S/c1-6-15-16-12(19-6)11(14)8-3-2-7-4-10(13(17)18)20-9(7)5-8/h2-5,11H,1H3,(H,17,18). The van der Waals surface area contributed by atoms with Crippen LogP contribution in [0.15, 0.2) is 28.7 Å². The highest BCUT2D eigenvalue weighted by Crippen LogP contribution is 2.31. The maximum atomic E-state index is 14.3. The lowest BCUT2D eigenvalue weighted by atomic mass is 10.1. The highest BCUT2D eigenvalue weighted by atomic mass is 32.1. The number of hydrogen-bond acceptors (Lipinski definition) is 5. The Morgan fingerprint density at radius 1 is 1.40 bits per heavy atom. The van der Waals surface area contributed by atoms with Crippen LogP contribution in [0.4, 0.5) is 4.39 Å². The number of nitrogens with zero attached hydrogens (tertiary/aromatic N) is 2.